The monoisotopic (exact) mass is 354 g/mol. The van der Waals surface area contributed by atoms with Crippen LogP contribution in [0.1, 0.15) is 12.0 Å². The zero-order chi connectivity index (χ0) is 18.6. The summed E-state index contributed by atoms with van der Waals surface area (Å²) >= 11 is 0. The third kappa shape index (κ3) is 3.89. The molecule has 138 valence electrons. The van der Waals surface area contributed by atoms with Gasteiger partial charge in [-0.25, -0.2) is 0 Å². The number of aliphatic hydroxyl groups is 1. The van der Waals surface area contributed by atoms with Gasteiger partial charge in [0.2, 0.25) is 0 Å². The minimum absolute atomic E-state index is 0.00786. The molecule has 5 heteroatoms. The molecule has 1 amide bonds. The molecular weight excluding hydrogens is 328 g/mol. The van der Waals surface area contributed by atoms with Crippen molar-refractivity contribution in [3.8, 4) is 5.75 Å². The van der Waals surface area contributed by atoms with Gasteiger partial charge in [0.05, 0.1) is 6.04 Å². The van der Waals surface area contributed by atoms with Crippen molar-refractivity contribution in [1.82, 2.24) is 9.80 Å². The van der Waals surface area contributed by atoms with Crippen LogP contribution in [0.4, 0.5) is 0 Å². The molecule has 2 aromatic carbocycles. The van der Waals surface area contributed by atoms with E-state index in [9.17, 15) is 9.90 Å². The standard InChI is InChI=1S/C21H26N2O3/c1-22(2)19-15-23(20(24)16-26-18-11-7-4-8-12-18)14-13-21(19,25)17-9-5-3-6-10-17/h3-12,19,25H,13-16H2,1-2H3/t19-,21?/m1/s1. The maximum atomic E-state index is 12.6. The molecule has 1 saturated heterocycles. The number of amides is 1. The molecule has 2 atom stereocenters. The highest BCUT2D eigenvalue weighted by atomic mass is 16.5. The van der Waals surface area contributed by atoms with Gasteiger partial charge in [-0.2, -0.15) is 0 Å². The maximum absolute atomic E-state index is 12.6. The number of carbonyl (C=O) groups excluding carboxylic acids is 1. The van der Waals surface area contributed by atoms with Crippen LogP contribution in [0.15, 0.2) is 60.7 Å². The topological polar surface area (TPSA) is 53.0 Å². The molecule has 0 saturated carbocycles. The second kappa shape index (κ2) is 7.89. The quantitative estimate of drug-likeness (QED) is 0.894. The van der Waals surface area contributed by atoms with Gasteiger partial charge < -0.3 is 19.6 Å². The lowest BCUT2D eigenvalue weighted by Crippen LogP contribution is -2.60. The zero-order valence-corrected chi connectivity index (χ0v) is 15.3. The van der Waals surface area contributed by atoms with Crippen LogP contribution in [-0.2, 0) is 10.4 Å². The summed E-state index contributed by atoms with van der Waals surface area (Å²) in [5.74, 6) is 0.624. The Bertz CT molecular complexity index is 721. The largest absolute Gasteiger partial charge is 0.484 e. The van der Waals surface area contributed by atoms with Gasteiger partial charge in [-0.3, -0.25) is 4.79 Å². The fourth-order valence-electron chi connectivity index (χ4n) is 3.56. The number of rotatable bonds is 5. The van der Waals surface area contributed by atoms with E-state index in [0.717, 1.165) is 5.56 Å². The van der Waals surface area contributed by atoms with Crippen LogP contribution in [0.5, 0.6) is 5.75 Å². The second-order valence-corrected chi connectivity index (χ2v) is 6.96. The number of nitrogens with zero attached hydrogens (tertiary/aromatic N) is 2. The van der Waals surface area contributed by atoms with Gasteiger partial charge in [0, 0.05) is 13.1 Å². The molecular formula is C21H26N2O3. The van der Waals surface area contributed by atoms with E-state index in [0.29, 0.717) is 25.3 Å². The fraction of sp³-hybridized carbons (Fsp3) is 0.381. The third-order valence-corrected chi connectivity index (χ3v) is 5.06. The summed E-state index contributed by atoms with van der Waals surface area (Å²) in [6, 6.07) is 18.9. The number of benzene rings is 2. The lowest BCUT2D eigenvalue weighted by molar-refractivity contribution is -0.144. The van der Waals surface area contributed by atoms with E-state index in [1.807, 2.05) is 79.7 Å². The predicted molar refractivity (Wildman–Crippen MR) is 101 cm³/mol. The first kappa shape index (κ1) is 18.4. The van der Waals surface area contributed by atoms with Crippen molar-refractivity contribution in [1.29, 1.82) is 0 Å². The number of hydrogen-bond donors (Lipinski definition) is 1. The van der Waals surface area contributed by atoms with Gasteiger partial charge in [-0.05, 0) is 38.2 Å². The normalized spacial score (nSPS) is 23.1. The Morgan fingerprint density at radius 2 is 1.77 bits per heavy atom. The van der Waals surface area contributed by atoms with Crippen LogP contribution in [0.25, 0.3) is 0 Å². The van der Waals surface area contributed by atoms with Gasteiger partial charge >= 0.3 is 0 Å². The minimum atomic E-state index is -0.970. The summed E-state index contributed by atoms with van der Waals surface area (Å²) in [4.78, 5) is 16.4. The summed E-state index contributed by atoms with van der Waals surface area (Å²) in [7, 11) is 3.88. The van der Waals surface area contributed by atoms with Crippen LogP contribution >= 0.6 is 0 Å². The number of ether oxygens (including phenoxy) is 1. The van der Waals surface area contributed by atoms with Crippen LogP contribution in [0, 0.1) is 0 Å². The van der Waals surface area contributed by atoms with E-state index in [4.69, 9.17) is 4.74 Å². The van der Waals surface area contributed by atoms with Gasteiger partial charge in [-0.15, -0.1) is 0 Å². The highest BCUT2D eigenvalue weighted by molar-refractivity contribution is 5.78. The molecule has 1 fully saturated rings. The molecule has 1 N–H and O–H groups in total. The Morgan fingerprint density at radius 3 is 2.38 bits per heavy atom. The number of para-hydroxylation sites is 1. The van der Waals surface area contributed by atoms with E-state index < -0.39 is 5.60 Å². The SMILES string of the molecule is CN(C)[C@@H]1CN(C(=O)COc2ccccc2)CCC1(O)c1ccccc1. The minimum Gasteiger partial charge on any atom is -0.484 e. The van der Waals surface area contributed by atoms with E-state index in [-0.39, 0.29) is 18.6 Å². The Hall–Kier alpha value is -2.37. The summed E-state index contributed by atoms with van der Waals surface area (Å²) in [5, 5.41) is 11.4. The molecule has 0 spiro atoms. The first-order valence-electron chi connectivity index (χ1n) is 8.90. The number of hydrogen-bond acceptors (Lipinski definition) is 4. The highest BCUT2D eigenvalue weighted by Gasteiger charge is 2.45. The molecule has 1 aliphatic rings. The lowest BCUT2D eigenvalue weighted by atomic mass is 9.80. The van der Waals surface area contributed by atoms with Crippen molar-refractivity contribution >= 4 is 5.91 Å². The molecule has 1 unspecified atom stereocenters. The van der Waals surface area contributed by atoms with Crippen molar-refractivity contribution in [3.63, 3.8) is 0 Å². The molecule has 1 aliphatic heterocycles. The summed E-state index contributed by atoms with van der Waals surface area (Å²) in [6.07, 6.45) is 0.497. The molecule has 1 heterocycles. The third-order valence-electron chi connectivity index (χ3n) is 5.06. The predicted octanol–water partition coefficient (Wildman–Crippen LogP) is 2.12. The Morgan fingerprint density at radius 1 is 1.15 bits per heavy atom. The van der Waals surface area contributed by atoms with Gasteiger partial charge in [0.25, 0.3) is 5.91 Å². The molecule has 0 bridgehead atoms. The number of likely N-dealkylation sites (tertiary alicyclic amines) is 1. The van der Waals surface area contributed by atoms with E-state index in [2.05, 4.69) is 0 Å². The molecule has 0 radical (unpaired) electrons. The Labute approximate surface area is 154 Å². The lowest BCUT2D eigenvalue weighted by Gasteiger charge is -2.47. The van der Waals surface area contributed by atoms with Crippen LogP contribution in [-0.4, -0.2) is 60.6 Å². The van der Waals surface area contributed by atoms with Crippen molar-refractivity contribution in [2.45, 2.75) is 18.1 Å². The molecule has 2 aromatic rings. The molecule has 5 nitrogen and oxygen atoms in total. The summed E-state index contributed by atoms with van der Waals surface area (Å²) in [5.41, 5.74) is -0.0757. The number of piperidine rings is 1. The van der Waals surface area contributed by atoms with E-state index in [1.165, 1.54) is 0 Å². The van der Waals surface area contributed by atoms with Crippen LogP contribution in [0.3, 0.4) is 0 Å². The second-order valence-electron chi connectivity index (χ2n) is 6.96. The molecule has 0 aromatic heterocycles. The molecule has 26 heavy (non-hydrogen) atoms. The average molecular weight is 354 g/mol. The first-order chi connectivity index (χ1) is 12.5. The van der Waals surface area contributed by atoms with Crippen molar-refractivity contribution in [2.24, 2.45) is 0 Å². The number of likely N-dealkylation sites (N-methyl/N-ethyl adjacent to an activating group) is 1. The maximum Gasteiger partial charge on any atom is 0.260 e. The number of carbonyl (C=O) groups is 1. The Kier molecular flexibility index (Phi) is 5.59. The highest BCUT2D eigenvalue weighted by Crippen LogP contribution is 2.35. The summed E-state index contributed by atoms with van der Waals surface area (Å²) in [6.45, 7) is 0.982. The van der Waals surface area contributed by atoms with Gasteiger partial charge in [-0.1, -0.05) is 48.5 Å². The van der Waals surface area contributed by atoms with Crippen LogP contribution < -0.4 is 4.74 Å². The average Bonchev–Trinajstić information content (AvgIpc) is 2.67. The zero-order valence-electron chi connectivity index (χ0n) is 15.3. The first-order valence-corrected chi connectivity index (χ1v) is 8.90. The van der Waals surface area contributed by atoms with E-state index >= 15 is 0 Å². The van der Waals surface area contributed by atoms with E-state index in [1.54, 1.807) is 4.90 Å². The van der Waals surface area contributed by atoms with Crippen molar-refractivity contribution in [3.05, 3.63) is 66.2 Å². The molecule has 0 aliphatic carbocycles. The van der Waals surface area contributed by atoms with Crippen molar-refractivity contribution in [2.75, 3.05) is 33.8 Å². The van der Waals surface area contributed by atoms with Gasteiger partial charge in [0.15, 0.2) is 6.61 Å². The van der Waals surface area contributed by atoms with Crippen molar-refractivity contribution < 1.29 is 14.6 Å². The summed E-state index contributed by atoms with van der Waals surface area (Å²) < 4.78 is 5.59. The molecule has 3 rings (SSSR count). The smallest absolute Gasteiger partial charge is 0.260 e. The van der Waals surface area contributed by atoms with Gasteiger partial charge in [0.1, 0.15) is 11.4 Å². The Balaban J connectivity index is 1.68. The van der Waals surface area contributed by atoms with Crippen LogP contribution in [0.2, 0.25) is 0 Å². The fourth-order valence-corrected chi connectivity index (χ4v) is 3.56.